The van der Waals surface area contributed by atoms with Gasteiger partial charge in [0.05, 0.1) is 6.54 Å². The normalized spacial score (nSPS) is 12.2. The van der Waals surface area contributed by atoms with Crippen LogP contribution in [-0.2, 0) is 13.1 Å². The molecule has 7 heteroatoms. The first-order valence-corrected chi connectivity index (χ1v) is 9.66. The van der Waals surface area contributed by atoms with Crippen LogP contribution in [0.2, 0.25) is 0 Å². The minimum absolute atomic E-state index is 0. The molecule has 0 saturated heterocycles. The second kappa shape index (κ2) is 11.5. The molecule has 0 aliphatic carbocycles. The van der Waals surface area contributed by atoms with Crippen molar-refractivity contribution in [2.45, 2.75) is 39.4 Å². The molecule has 0 amide bonds. The zero-order chi connectivity index (χ0) is 19.8. The number of halogens is 1. The third kappa shape index (κ3) is 6.56. The Labute approximate surface area is 189 Å². The summed E-state index contributed by atoms with van der Waals surface area (Å²) in [6, 6.07) is 17.5. The molecule has 0 aliphatic heterocycles. The molecular formula is C22H29IN6. The Morgan fingerprint density at radius 1 is 1.14 bits per heavy atom. The topological polar surface area (TPSA) is 67.1 Å². The predicted octanol–water partition coefficient (Wildman–Crippen LogP) is 4.07. The molecule has 3 rings (SSSR count). The quantitative estimate of drug-likeness (QED) is 0.289. The molecule has 0 radical (unpaired) electrons. The maximum atomic E-state index is 4.32. The molecule has 0 spiro atoms. The van der Waals surface area contributed by atoms with Crippen molar-refractivity contribution in [1.82, 2.24) is 25.4 Å². The van der Waals surface area contributed by atoms with Gasteiger partial charge in [-0.2, -0.15) is 5.10 Å². The van der Waals surface area contributed by atoms with Crippen LogP contribution in [0.5, 0.6) is 0 Å². The highest BCUT2D eigenvalue weighted by molar-refractivity contribution is 14.0. The lowest BCUT2D eigenvalue weighted by Crippen LogP contribution is -2.41. The molecule has 154 valence electrons. The van der Waals surface area contributed by atoms with Gasteiger partial charge in [0, 0.05) is 19.6 Å². The lowest BCUT2D eigenvalue weighted by molar-refractivity contribution is 0.624. The number of hydrogen-bond donors (Lipinski definition) is 2. The molecule has 2 N–H and O–H groups in total. The molecule has 0 bridgehead atoms. The summed E-state index contributed by atoms with van der Waals surface area (Å²) >= 11 is 0. The van der Waals surface area contributed by atoms with Gasteiger partial charge in [0.15, 0.2) is 5.96 Å². The molecular weight excluding hydrogens is 475 g/mol. The van der Waals surface area contributed by atoms with Crippen molar-refractivity contribution in [3.05, 3.63) is 72.3 Å². The Bertz CT molecular complexity index is 890. The van der Waals surface area contributed by atoms with E-state index in [1.807, 2.05) is 4.68 Å². The van der Waals surface area contributed by atoms with E-state index in [4.69, 9.17) is 0 Å². The lowest BCUT2D eigenvalue weighted by Gasteiger charge is -2.17. The van der Waals surface area contributed by atoms with Crippen molar-refractivity contribution in [3.8, 4) is 11.1 Å². The number of benzene rings is 2. The highest BCUT2D eigenvalue weighted by atomic mass is 127. The number of rotatable bonds is 7. The third-order valence-corrected chi connectivity index (χ3v) is 4.76. The SMILES string of the molecule is CCC(C)NC(=NC)NCc1ccccc1-c1ccc(Cn2cncn2)cc1.I. The highest BCUT2D eigenvalue weighted by Gasteiger charge is 2.07. The fourth-order valence-corrected chi connectivity index (χ4v) is 2.96. The van der Waals surface area contributed by atoms with Crippen LogP contribution < -0.4 is 10.6 Å². The van der Waals surface area contributed by atoms with Crippen LogP contribution in [0.15, 0.2) is 66.2 Å². The molecule has 29 heavy (non-hydrogen) atoms. The van der Waals surface area contributed by atoms with E-state index in [0.717, 1.165) is 18.9 Å². The predicted molar refractivity (Wildman–Crippen MR) is 130 cm³/mol. The monoisotopic (exact) mass is 504 g/mol. The second-order valence-corrected chi connectivity index (χ2v) is 6.83. The average molecular weight is 504 g/mol. The van der Waals surface area contributed by atoms with Crippen LogP contribution in [0.25, 0.3) is 11.1 Å². The maximum absolute atomic E-state index is 4.32. The van der Waals surface area contributed by atoms with E-state index in [1.54, 1.807) is 19.7 Å². The summed E-state index contributed by atoms with van der Waals surface area (Å²) in [6.07, 6.45) is 4.34. The van der Waals surface area contributed by atoms with Crippen molar-refractivity contribution < 1.29 is 0 Å². The van der Waals surface area contributed by atoms with Gasteiger partial charge in [-0.05, 0) is 35.6 Å². The maximum Gasteiger partial charge on any atom is 0.191 e. The van der Waals surface area contributed by atoms with Crippen molar-refractivity contribution in [2.75, 3.05) is 7.05 Å². The molecule has 6 nitrogen and oxygen atoms in total. The summed E-state index contributed by atoms with van der Waals surface area (Å²) in [5.41, 5.74) is 4.85. The fourth-order valence-electron chi connectivity index (χ4n) is 2.96. The summed E-state index contributed by atoms with van der Waals surface area (Å²) in [5, 5.41) is 11.0. The summed E-state index contributed by atoms with van der Waals surface area (Å²) in [4.78, 5) is 8.31. The number of nitrogens with one attached hydrogen (secondary N) is 2. The van der Waals surface area contributed by atoms with Gasteiger partial charge >= 0.3 is 0 Å². The molecule has 2 aromatic carbocycles. The second-order valence-electron chi connectivity index (χ2n) is 6.83. The smallest absolute Gasteiger partial charge is 0.191 e. The van der Waals surface area contributed by atoms with E-state index in [1.165, 1.54) is 22.3 Å². The Morgan fingerprint density at radius 2 is 1.90 bits per heavy atom. The molecule has 0 fully saturated rings. The van der Waals surface area contributed by atoms with Crippen LogP contribution in [-0.4, -0.2) is 33.8 Å². The summed E-state index contributed by atoms with van der Waals surface area (Å²) < 4.78 is 1.82. The van der Waals surface area contributed by atoms with Crippen molar-refractivity contribution >= 4 is 29.9 Å². The van der Waals surface area contributed by atoms with Crippen LogP contribution in [0, 0.1) is 0 Å². The van der Waals surface area contributed by atoms with Crippen LogP contribution >= 0.6 is 24.0 Å². The van der Waals surface area contributed by atoms with Crippen molar-refractivity contribution in [1.29, 1.82) is 0 Å². The molecule has 1 unspecified atom stereocenters. The summed E-state index contributed by atoms with van der Waals surface area (Å²) in [7, 11) is 1.80. The van der Waals surface area contributed by atoms with Gasteiger partial charge in [-0.15, -0.1) is 24.0 Å². The van der Waals surface area contributed by atoms with Crippen LogP contribution in [0.4, 0.5) is 0 Å². The van der Waals surface area contributed by atoms with E-state index in [2.05, 4.69) is 88.1 Å². The zero-order valence-electron chi connectivity index (χ0n) is 17.2. The van der Waals surface area contributed by atoms with E-state index in [9.17, 15) is 0 Å². The van der Waals surface area contributed by atoms with Gasteiger partial charge < -0.3 is 10.6 Å². The Balaban J connectivity index is 0.00000300. The first kappa shape index (κ1) is 22.9. The van der Waals surface area contributed by atoms with Gasteiger partial charge in [0.1, 0.15) is 12.7 Å². The number of guanidine groups is 1. The largest absolute Gasteiger partial charge is 0.354 e. The van der Waals surface area contributed by atoms with Gasteiger partial charge in [0.2, 0.25) is 0 Å². The van der Waals surface area contributed by atoms with Crippen molar-refractivity contribution in [3.63, 3.8) is 0 Å². The molecule has 1 aromatic heterocycles. The van der Waals surface area contributed by atoms with Gasteiger partial charge in [-0.25, -0.2) is 9.67 Å². The van der Waals surface area contributed by atoms with Gasteiger partial charge in [-0.1, -0.05) is 55.5 Å². The molecule has 0 saturated carbocycles. The third-order valence-electron chi connectivity index (χ3n) is 4.76. The standard InChI is InChI=1S/C22H28N6.HI/c1-4-17(2)27-22(23-3)25-13-20-7-5-6-8-21(20)19-11-9-18(10-12-19)14-28-16-24-15-26-28;/h5-12,15-17H,4,13-14H2,1-3H3,(H2,23,25,27);1H. The molecule has 0 aliphatic rings. The van der Waals surface area contributed by atoms with E-state index in [0.29, 0.717) is 12.6 Å². The summed E-state index contributed by atoms with van der Waals surface area (Å²) in [6.45, 7) is 5.75. The molecule has 3 aromatic rings. The van der Waals surface area contributed by atoms with Gasteiger partial charge in [-0.3, -0.25) is 4.99 Å². The average Bonchev–Trinajstić information content (AvgIpc) is 3.25. The molecule has 1 heterocycles. The Morgan fingerprint density at radius 3 is 2.55 bits per heavy atom. The Hall–Kier alpha value is -2.42. The van der Waals surface area contributed by atoms with Crippen molar-refractivity contribution in [2.24, 2.45) is 4.99 Å². The van der Waals surface area contributed by atoms with Crippen LogP contribution in [0.3, 0.4) is 0 Å². The zero-order valence-corrected chi connectivity index (χ0v) is 19.5. The minimum Gasteiger partial charge on any atom is -0.354 e. The van der Waals surface area contributed by atoms with E-state index >= 15 is 0 Å². The summed E-state index contributed by atoms with van der Waals surface area (Å²) in [5.74, 6) is 0.826. The van der Waals surface area contributed by atoms with Crippen LogP contribution in [0.1, 0.15) is 31.4 Å². The first-order chi connectivity index (χ1) is 13.7. The Kier molecular flexibility index (Phi) is 9.11. The lowest BCUT2D eigenvalue weighted by atomic mass is 9.98. The molecule has 1 atom stereocenters. The highest BCUT2D eigenvalue weighted by Crippen LogP contribution is 2.24. The number of aliphatic imine (C=N–C) groups is 1. The number of aromatic nitrogens is 3. The first-order valence-electron chi connectivity index (χ1n) is 9.66. The van der Waals surface area contributed by atoms with Gasteiger partial charge in [0.25, 0.3) is 0 Å². The number of nitrogens with zero attached hydrogens (tertiary/aromatic N) is 4. The van der Waals surface area contributed by atoms with E-state index < -0.39 is 0 Å². The number of hydrogen-bond acceptors (Lipinski definition) is 3. The van der Waals surface area contributed by atoms with E-state index in [-0.39, 0.29) is 24.0 Å². The minimum atomic E-state index is 0. The fraction of sp³-hybridized carbons (Fsp3) is 0.318.